The molecule has 1 saturated heterocycles. The van der Waals surface area contributed by atoms with E-state index >= 15 is 0 Å². The molecule has 0 aliphatic carbocycles. The number of halogens is 1. The molecule has 0 spiro atoms. The van der Waals surface area contributed by atoms with Gasteiger partial charge < -0.3 is 15.4 Å². The van der Waals surface area contributed by atoms with E-state index in [4.69, 9.17) is 4.74 Å². The lowest BCUT2D eigenvalue weighted by atomic mass is 10.2. The summed E-state index contributed by atoms with van der Waals surface area (Å²) in [5.74, 6) is -0.329. The van der Waals surface area contributed by atoms with Crippen molar-refractivity contribution < 1.29 is 19.1 Å². The number of aryl methyl sites for hydroxylation is 1. The molecule has 156 valence electrons. The lowest BCUT2D eigenvalue weighted by Gasteiger charge is -2.12. The van der Waals surface area contributed by atoms with E-state index in [1.165, 1.54) is 0 Å². The van der Waals surface area contributed by atoms with Crippen LogP contribution in [0.25, 0.3) is 6.08 Å². The molecule has 1 aliphatic rings. The highest BCUT2D eigenvalue weighted by molar-refractivity contribution is 9.10. The van der Waals surface area contributed by atoms with Gasteiger partial charge in [0.2, 0.25) is 5.91 Å². The molecule has 1 heterocycles. The number of benzene rings is 2. The van der Waals surface area contributed by atoms with Gasteiger partial charge in [-0.05, 0) is 78.2 Å². The van der Waals surface area contributed by atoms with E-state index in [2.05, 4.69) is 26.6 Å². The Morgan fingerprint density at radius 1 is 1.23 bits per heavy atom. The van der Waals surface area contributed by atoms with Gasteiger partial charge in [0.15, 0.2) is 0 Å². The number of rotatable bonds is 6. The summed E-state index contributed by atoms with van der Waals surface area (Å²) in [7, 11) is 0. The normalized spacial score (nSPS) is 15.0. The van der Waals surface area contributed by atoms with Gasteiger partial charge in [-0.15, -0.1) is 0 Å². The Bertz CT molecular complexity index is 1030. The van der Waals surface area contributed by atoms with E-state index in [-0.39, 0.29) is 18.3 Å². The molecule has 1 aliphatic heterocycles. The van der Waals surface area contributed by atoms with Crippen LogP contribution in [0, 0.1) is 6.92 Å². The van der Waals surface area contributed by atoms with Gasteiger partial charge in [-0.2, -0.15) is 0 Å². The van der Waals surface area contributed by atoms with Crippen molar-refractivity contribution >= 4 is 45.5 Å². The van der Waals surface area contributed by atoms with Crippen LogP contribution in [-0.4, -0.2) is 35.4 Å². The second-order valence-electron chi connectivity index (χ2n) is 7.15. The molecular weight excluding hydrogens is 450 g/mol. The van der Waals surface area contributed by atoms with Gasteiger partial charge in [-0.25, -0.2) is 9.69 Å². The fourth-order valence-corrected chi connectivity index (χ4v) is 3.40. The minimum Gasteiger partial charge on any atom is -0.490 e. The molecule has 8 heteroatoms. The highest BCUT2D eigenvalue weighted by Gasteiger charge is 2.34. The fraction of sp³-hybridized carbons (Fsp3) is 0.227. The van der Waals surface area contributed by atoms with E-state index in [1.54, 1.807) is 36.4 Å². The second kappa shape index (κ2) is 9.13. The zero-order valence-electron chi connectivity index (χ0n) is 16.9. The number of hydrogen-bond acceptors (Lipinski definition) is 4. The number of nitrogens with one attached hydrogen (secondary N) is 2. The Kier molecular flexibility index (Phi) is 6.56. The molecule has 1 fully saturated rings. The molecular formula is C22H22BrN3O4. The zero-order chi connectivity index (χ0) is 21.8. The summed E-state index contributed by atoms with van der Waals surface area (Å²) in [6.45, 7) is 5.39. The molecule has 2 aromatic rings. The number of carbonyl (C=O) groups excluding carboxylic acids is 3. The highest BCUT2D eigenvalue weighted by Crippen LogP contribution is 2.28. The van der Waals surface area contributed by atoms with Crippen molar-refractivity contribution in [3.05, 3.63) is 63.8 Å². The molecule has 0 bridgehead atoms. The Labute approximate surface area is 183 Å². The first-order valence-electron chi connectivity index (χ1n) is 9.40. The number of ether oxygens (including phenoxy) is 1. The summed E-state index contributed by atoms with van der Waals surface area (Å²) in [5, 5.41) is 5.21. The van der Waals surface area contributed by atoms with Crippen LogP contribution in [0.2, 0.25) is 0 Å². The predicted octanol–water partition coefficient (Wildman–Crippen LogP) is 4.08. The third-order valence-corrected chi connectivity index (χ3v) is 4.82. The largest absolute Gasteiger partial charge is 0.490 e. The Morgan fingerprint density at radius 3 is 2.67 bits per heavy atom. The van der Waals surface area contributed by atoms with Crippen molar-refractivity contribution in [1.29, 1.82) is 0 Å². The van der Waals surface area contributed by atoms with Gasteiger partial charge in [0, 0.05) is 5.69 Å². The summed E-state index contributed by atoms with van der Waals surface area (Å²) in [4.78, 5) is 38.0. The van der Waals surface area contributed by atoms with Crippen LogP contribution in [0.15, 0.2) is 52.6 Å². The number of carbonyl (C=O) groups is 3. The lowest BCUT2D eigenvalue weighted by molar-refractivity contribution is -0.127. The Balaban J connectivity index is 1.69. The molecule has 3 rings (SSSR count). The van der Waals surface area contributed by atoms with Crippen LogP contribution < -0.4 is 15.4 Å². The van der Waals surface area contributed by atoms with Gasteiger partial charge in [0.1, 0.15) is 18.0 Å². The van der Waals surface area contributed by atoms with Crippen molar-refractivity contribution in [2.75, 3.05) is 11.9 Å². The first-order chi connectivity index (χ1) is 14.2. The summed E-state index contributed by atoms with van der Waals surface area (Å²) in [6.07, 6.45) is 1.59. The van der Waals surface area contributed by atoms with Crippen LogP contribution in [0.5, 0.6) is 5.75 Å². The Hall–Kier alpha value is -3.13. The van der Waals surface area contributed by atoms with Gasteiger partial charge in [-0.3, -0.25) is 9.59 Å². The first-order valence-corrected chi connectivity index (χ1v) is 10.2. The third-order valence-electron chi connectivity index (χ3n) is 4.20. The van der Waals surface area contributed by atoms with E-state index in [0.717, 1.165) is 14.9 Å². The SMILES string of the molecule is Cc1cccc(NC(=O)CN2C(=O)N/C(=C/c3ccc(OC(C)C)c(Br)c3)C2=O)c1. The molecule has 0 unspecified atom stereocenters. The van der Waals surface area contributed by atoms with E-state index in [9.17, 15) is 14.4 Å². The zero-order valence-corrected chi connectivity index (χ0v) is 18.4. The summed E-state index contributed by atoms with van der Waals surface area (Å²) >= 11 is 3.44. The third kappa shape index (κ3) is 5.27. The molecule has 2 N–H and O–H groups in total. The standard InChI is InChI=1S/C22H22BrN3O4/c1-13(2)30-19-8-7-15(10-17(19)23)11-18-21(28)26(22(29)25-18)12-20(27)24-16-6-4-5-14(3)9-16/h4-11,13H,12H2,1-3H3,(H,24,27)(H,25,29)/b18-11+. The number of imide groups is 1. The van der Waals surface area contributed by atoms with Crippen LogP contribution >= 0.6 is 15.9 Å². The van der Waals surface area contributed by atoms with Crippen LogP contribution in [0.1, 0.15) is 25.0 Å². The topological polar surface area (TPSA) is 87.7 Å². The number of amides is 4. The van der Waals surface area contributed by atoms with Gasteiger partial charge in [-0.1, -0.05) is 18.2 Å². The van der Waals surface area contributed by atoms with Crippen molar-refractivity contribution in [2.24, 2.45) is 0 Å². The van der Waals surface area contributed by atoms with Gasteiger partial charge >= 0.3 is 6.03 Å². The fourth-order valence-electron chi connectivity index (χ4n) is 2.91. The Morgan fingerprint density at radius 2 is 2.00 bits per heavy atom. The van der Waals surface area contributed by atoms with Gasteiger partial charge in [0.05, 0.1) is 10.6 Å². The summed E-state index contributed by atoms with van der Waals surface area (Å²) < 4.78 is 6.40. The highest BCUT2D eigenvalue weighted by atomic mass is 79.9. The van der Waals surface area contributed by atoms with E-state index < -0.39 is 17.8 Å². The molecule has 0 atom stereocenters. The summed E-state index contributed by atoms with van der Waals surface area (Å²) in [5.41, 5.74) is 2.40. The number of hydrogen-bond donors (Lipinski definition) is 2. The second-order valence-corrected chi connectivity index (χ2v) is 8.01. The van der Waals surface area contributed by atoms with E-state index in [1.807, 2.05) is 32.9 Å². The molecule has 0 saturated carbocycles. The van der Waals surface area contributed by atoms with Crippen molar-refractivity contribution in [2.45, 2.75) is 26.9 Å². The van der Waals surface area contributed by atoms with E-state index in [0.29, 0.717) is 17.0 Å². The van der Waals surface area contributed by atoms with Crippen molar-refractivity contribution in [3.63, 3.8) is 0 Å². The molecule has 0 aromatic heterocycles. The average Bonchev–Trinajstić information content (AvgIpc) is 2.91. The molecule has 0 radical (unpaired) electrons. The minimum absolute atomic E-state index is 0.0284. The molecule has 7 nitrogen and oxygen atoms in total. The maximum atomic E-state index is 12.6. The maximum absolute atomic E-state index is 12.6. The lowest BCUT2D eigenvalue weighted by Crippen LogP contribution is -2.38. The first kappa shape index (κ1) is 21.6. The van der Waals surface area contributed by atoms with Crippen LogP contribution in [0.3, 0.4) is 0 Å². The average molecular weight is 472 g/mol. The van der Waals surface area contributed by atoms with Crippen LogP contribution in [-0.2, 0) is 9.59 Å². The molecule has 30 heavy (non-hydrogen) atoms. The van der Waals surface area contributed by atoms with Crippen LogP contribution in [0.4, 0.5) is 10.5 Å². The smallest absolute Gasteiger partial charge is 0.329 e. The minimum atomic E-state index is -0.635. The quantitative estimate of drug-likeness (QED) is 0.490. The monoisotopic (exact) mass is 471 g/mol. The van der Waals surface area contributed by atoms with Crippen molar-refractivity contribution in [3.8, 4) is 5.75 Å². The number of anilines is 1. The van der Waals surface area contributed by atoms with Crippen molar-refractivity contribution in [1.82, 2.24) is 10.2 Å². The molecule has 4 amide bonds. The molecule has 2 aromatic carbocycles. The summed E-state index contributed by atoms with van der Waals surface area (Å²) in [6, 6.07) is 12.0. The predicted molar refractivity (Wildman–Crippen MR) is 118 cm³/mol. The van der Waals surface area contributed by atoms with Gasteiger partial charge in [0.25, 0.3) is 5.91 Å². The number of urea groups is 1. The maximum Gasteiger partial charge on any atom is 0.329 e. The number of nitrogens with zero attached hydrogens (tertiary/aromatic N) is 1.